The maximum absolute atomic E-state index is 10.9. The minimum Gasteiger partial charge on any atom is -0.493 e. The van der Waals surface area contributed by atoms with Crippen molar-refractivity contribution in [1.29, 1.82) is 0 Å². The zero-order valence-corrected chi connectivity index (χ0v) is 9.40. The molecule has 0 aliphatic heterocycles. The first kappa shape index (κ1) is 13.3. The van der Waals surface area contributed by atoms with Gasteiger partial charge >= 0.3 is 0 Å². The molecule has 1 aromatic carbocycles. The smallest absolute Gasteiger partial charge is 0.256 e. The first-order valence-electron chi connectivity index (χ1n) is 4.17. The zero-order chi connectivity index (χ0) is 9.68. The van der Waals surface area contributed by atoms with Crippen molar-refractivity contribution >= 4 is 29.3 Å². The Labute approximate surface area is 94.6 Å². The van der Waals surface area contributed by atoms with Gasteiger partial charge in [-0.05, 0) is 30.2 Å². The van der Waals surface area contributed by atoms with Gasteiger partial charge in [-0.15, -0.1) is 12.4 Å². The fourth-order valence-electron chi connectivity index (χ4n) is 0.967. The molecular formula is C10H12Cl2O2. The monoisotopic (exact) mass is 234 g/mol. The van der Waals surface area contributed by atoms with Gasteiger partial charge in [0, 0.05) is 0 Å². The van der Waals surface area contributed by atoms with E-state index in [1.807, 2.05) is 13.0 Å². The molecular weight excluding hydrogens is 223 g/mol. The predicted molar refractivity (Wildman–Crippen MR) is 59.7 cm³/mol. The van der Waals surface area contributed by atoms with Crippen LogP contribution in [-0.4, -0.2) is 11.8 Å². The van der Waals surface area contributed by atoms with Crippen LogP contribution in [0, 0.1) is 0 Å². The van der Waals surface area contributed by atoms with E-state index in [0.29, 0.717) is 17.9 Å². The molecule has 0 fully saturated rings. The van der Waals surface area contributed by atoms with Crippen LogP contribution in [0.1, 0.15) is 23.7 Å². The lowest BCUT2D eigenvalue weighted by molar-refractivity contribution is 0.107. The van der Waals surface area contributed by atoms with Gasteiger partial charge in [-0.3, -0.25) is 4.79 Å². The van der Waals surface area contributed by atoms with Gasteiger partial charge in [-0.1, -0.05) is 19.1 Å². The van der Waals surface area contributed by atoms with Gasteiger partial charge in [0.15, 0.2) is 0 Å². The van der Waals surface area contributed by atoms with Crippen LogP contribution in [0.3, 0.4) is 0 Å². The highest BCUT2D eigenvalue weighted by atomic mass is 35.5. The van der Waals surface area contributed by atoms with Crippen molar-refractivity contribution < 1.29 is 9.53 Å². The highest BCUT2D eigenvalue weighted by Crippen LogP contribution is 2.19. The van der Waals surface area contributed by atoms with E-state index in [1.165, 1.54) is 0 Å². The van der Waals surface area contributed by atoms with Gasteiger partial charge in [0.25, 0.3) is 5.24 Å². The number of carbonyl (C=O) groups is 1. The van der Waals surface area contributed by atoms with Crippen LogP contribution < -0.4 is 4.74 Å². The molecule has 0 unspecified atom stereocenters. The molecule has 14 heavy (non-hydrogen) atoms. The van der Waals surface area contributed by atoms with E-state index in [0.717, 1.165) is 6.42 Å². The van der Waals surface area contributed by atoms with E-state index < -0.39 is 5.24 Å². The summed E-state index contributed by atoms with van der Waals surface area (Å²) >= 11 is 5.37. The molecule has 0 radical (unpaired) electrons. The average molecular weight is 235 g/mol. The highest BCUT2D eigenvalue weighted by molar-refractivity contribution is 6.68. The molecule has 4 heteroatoms. The zero-order valence-electron chi connectivity index (χ0n) is 7.83. The van der Waals surface area contributed by atoms with E-state index in [9.17, 15) is 4.79 Å². The fraction of sp³-hybridized carbons (Fsp3) is 0.300. The van der Waals surface area contributed by atoms with Crippen molar-refractivity contribution in [1.82, 2.24) is 0 Å². The van der Waals surface area contributed by atoms with Crippen LogP contribution in [0.2, 0.25) is 0 Å². The standard InChI is InChI=1S/C10H11ClO2.ClH/c1-2-7-13-9-6-4-3-5-8(9)10(11)12;/h3-6H,2,7H2,1H3;1H. The molecule has 78 valence electrons. The molecule has 2 nitrogen and oxygen atoms in total. The second kappa shape index (κ2) is 6.68. The van der Waals surface area contributed by atoms with E-state index >= 15 is 0 Å². The van der Waals surface area contributed by atoms with Crippen molar-refractivity contribution in [2.75, 3.05) is 6.61 Å². The molecule has 0 aliphatic rings. The van der Waals surface area contributed by atoms with E-state index in [-0.39, 0.29) is 12.4 Å². The second-order valence-corrected chi connectivity index (χ2v) is 2.96. The summed E-state index contributed by atoms with van der Waals surface area (Å²) in [4.78, 5) is 10.9. The maximum Gasteiger partial charge on any atom is 0.256 e. The first-order valence-corrected chi connectivity index (χ1v) is 4.55. The highest BCUT2D eigenvalue weighted by Gasteiger charge is 2.07. The first-order chi connectivity index (χ1) is 6.25. The van der Waals surface area contributed by atoms with Crippen molar-refractivity contribution in [2.45, 2.75) is 13.3 Å². The summed E-state index contributed by atoms with van der Waals surface area (Å²) in [5.74, 6) is 0.560. The molecule has 0 amide bonds. The molecule has 0 spiro atoms. The SMILES string of the molecule is CCCOc1ccccc1C(=O)Cl.Cl. The number of carbonyl (C=O) groups excluding carboxylic acids is 1. The molecule has 0 saturated carbocycles. The summed E-state index contributed by atoms with van der Waals surface area (Å²) in [5.41, 5.74) is 0.428. The summed E-state index contributed by atoms with van der Waals surface area (Å²) < 4.78 is 5.34. The molecule has 0 atom stereocenters. The van der Waals surface area contributed by atoms with E-state index in [1.54, 1.807) is 18.2 Å². The van der Waals surface area contributed by atoms with Crippen molar-refractivity contribution in [3.63, 3.8) is 0 Å². The number of hydrogen-bond donors (Lipinski definition) is 0. The Balaban J connectivity index is 0.00000169. The van der Waals surface area contributed by atoms with Crippen LogP contribution in [0.25, 0.3) is 0 Å². The van der Waals surface area contributed by atoms with Gasteiger partial charge in [0.2, 0.25) is 0 Å². The lowest BCUT2D eigenvalue weighted by Crippen LogP contribution is -2.00. The van der Waals surface area contributed by atoms with Gasteiger partial charge in [-0.25, -0.2) is 0 Å². The minimum absolute atomic E-state index is 0. The quantitative estimate of drug-likeness (QED) is 0.748. The topological polar surface area (TPSA) is 26.3 Å². The van der Waals surface area contributed by atoms with Crippen LogP contribution in [0.15, 0.2) is 24.3 Å². The number of rotatable bonds is 4. The molecule has 0 heterocycles. The third-order valence-electron chi connectivity index (χ3n) is 1.56. The number of ether oxygens (including phenoxy) is 1. The van der Waals surface area contributed by atoms with Gasteiger partial charge < -0.3 is 4.74 Å². The number of para-hydroxylation sites is 1. The summed E-state index contributed by atoms with van der Waals surface area (Å²) in [5, 5.41) is -0.480. The number of benzene rings is 1. The molecule has 1 aromatic rings. The van der Waals surface area contributed by atoms with Crippen LogP contribution in [0.5, 0.6) is 5.75 Å². The number of hydrogen-bond acceptors (Lipinski definition) is 2. The van der Waals surface area contributed by atoms with Crippen LogP contribution >= 0.6 is 24.0 Å². The lowest BCUT2D eigenvalue weighted by Gasteiger charge is -2.06. The van der Waals surface area contributed by atoms with E-state index in [4.69, 9.17) is 16.3 Å². The molecule has 1 rings (SSSR count). The van der Waals surface area contributed by atoms with E-state index in [2.05, 4.69) is 0 Å². The average Bonchev–Trinajstić information content (AvgIpc) is 2.15. The fourth-order valence-corrected chi connectivity index (χ4v) is 1.12. The molecule has 0 aliphatic carbocycles. The van der Waals surface area contributed by atoms with Gasteiger partial charge in [0.05, 0.1) is 12.2 Å². The van der Waals surface area contributed by atoms with Crippen molar-refractivity contribution in [3.05, 3.63) is 29.8 Å². The van der Waals surface area contributed by atoms with Gasteiger partial charge in [-0.2, -0.15) is 0 Å². The Morgan fingerprint density at radius 2 is 2.07 bits per heavy atom. The molecule has 0 N–H and O–H groups in total. The number of halogens is 2. The largest absolute Gasteiger partial charge is 0.493 e. The lowest BCUT2D eigenvalue weighted by atomic mass is 10.2. The van der Waals surface area contributed by atoms with Crippen molar-refractivity contribution in [3.8, 4) is 5.75 Å². The Bertz CT molecular complexity index is 300. The normalized spacial score (nSPS) is 9.00. The summed E-state index contributed by atoms with van der Waals surface area (Å²) in [7, 11) is 0. The predicted octanol–water partition coefficient (Wildman–Crippen LogP) is 3.28. The summed E-state index contributed by atoms with van der Waals surface area (Å²) in [6.45, 7) is 2.60. The summed E-state index contributed by atoms with van der Waals surface area (Å²) in [6, 6.07) is 6.97. The maximum atomic E-state index is 10.9. The third-order valence-corrected chi connectivity index (χ3v) is 1.76. The molecule has 0 aromatic heterocycles. The second-order valence-electron chi connectivity index (χ2n) is 2.62. The Hall–Kier alpha value is -0.730. The Kier molecular flexibility index (Phi) is 6.34. The van der Waals surface area contributed by atoms with Crippen LogP contribution in [-0.2, 0) is 0 Å². The minimum atomic E-state index is -0.480. The third kappa shape index (κ3) is 3.56. The summed E-state index contributed by atoms with van der Waals surface area (Å²) in [6.07, 6.45) is 0.908. The van der Waals surface area contributed by atoms with Crippen LogP contribution in [0.4, 0.5) is 0 Å². The Morgan fingerprint density at radius 3 is 2.64 bits per heavy atom. The van der Waals surface area contributed by atoms with Crippen molar-refractivity contribution in [2.24, 2.45) is 0 Å². The molecule has 0 bridgehead atoms. The Morgan fingerprint density at radius 1 is 1.43 bits per heavy atom. The molecule has 0 saturated heterocycles. The van der Waals surface area contributed by atoms with Gasteiger partial charge in [0.1, 0.15) is 5.75 Å².